The van der Waals surface area contributed by atoms with Crippen molar-refractivity contribution < 1.29 is 4.79 Å². The first-order valence-corrected chi connectivity index (χ1v) is 4.83. The van der Waals surface area contributed by atoms with Gasteiger partial charge >= 0.3 is 0 Å². The van der Waals surface area contributed by atoms with Gasteiger partial charge in [-0.3, -0.25) is 4.79 Å². The number of aromatic nitrogens is 2. The summed E-state index contributed by atoms with van der Waals surface area (Å²) in [4.78, 5) is 14.8. The number of halogens is 1. The smallest absolute Gasteiger partial charge is 0.168 e. The molecule has 3 nitrogen and oxygen atoms in total. The first kappa shape index (κ1) is 10.2. The summed E-state index contributed by atoms with van der Waals surface area (Å²) < 4.78 is 2.75. The van der Waals surface area contributed by atoms with Crippen molar-refractivity contribution in [3.05, 3.63) is 22.2 Å². The molecule has 1 aromatic rings. The Hall–Kier alpha value is -0.900. The van der Waals surface area contributed by atoms with Crippen LogP contribution in [0.15, 0.2) is 10.7 Å². The lowest BCUT2D eigenvalue weighted by Crippen LogP contribution is -1.98. The molecule has 0 saturated carbocycles. The quantitative estimate of drug-likeness (QED) is 0.764. The second-order valence-corrected chi connectivity index (χ2v) is 3.91. The predicted molar refractivity (Wildman–Crippen MR) is 55.9 cm³/mol. The van der Waals surface area contributed by atoms with Crippen LogP contribution in [0.5, 0.6) is 0 Å². The molecule has 0 aromatic carbocycles. The lowest BCUT2D eigenvalue weighted by atomic mass is 10.4. The van der Waals surface area contributed by atoms with Gasteiger partial charge in [0.05, 0.1) is 6.20 Å². The molecule has 1 aromatic heterocycles. The Morgan fingerprint density at radius 1 is 1.77 bits per heavy atom. The molecule has 1 rings (SSSR count). The van der Waals surface area contributed by atoms with E-state index in [0.717, 1.165) is 23.0 Å². The summed E-state index contributed by atoms with van der Waals surface area (Å²) in [6.45, 7) is 3.92. The molecule has 13 heavy (non-hydrogen) atoms. The van der Waals surface area contributed by atoms with Crippen molar-refractivity contribution in [2.24, 2.45) is 0 Å². The van der Waals surface area contributed by atoms with Crippen LogP contribution in [-0.4, -0.2) is 15.8 Å². The van der Waals surface area contributed by atoms with Gasteiger partial charge in [-0.2, -0.15) is 0 Å². The summed E-state index contributed by atoms with van der Waals surface area (Å²) in [6, 6.07) is 0. The maximum absolute atomic E-state index is 10.6. The highest BCUT2D eigenvalue weighted by Crippen LogP contribution is 2.10. The average molecular weight is 243 g/mol. The van der Waals surface area contributed by atoms with Crippen molar-refractivity contribution in [3.8, 4) is 0 Å². The van der Waals surface area contributed by atoms with E-state index in [0.29, 0.717) is 5.69 Å². The van der Waals surface area contributed by atoms with Gasteiger partial charge < -0.3 is 4.57 Å². The Labute approximate surface area is 85.6 Å². The van der Waals surface area contributed by atoms with Gasteiger partial charge in [0.1, 0.15) is 11.5 Å². The van der Waals surface area contributed by atoms with E-state index in [2.05, 4.69) is 20.9 Å². The number of hydrogen-bond acceptors (Lipinski definition) is 2. The van der Waals surface area contributed by atoms with Crippen molar-refractivity contribution in [2.75, 3.05) is 0 Å². The minimum absolute atomic E-state index is 0.579. The van der Waals surface area contributed by atoms with Gasteiger partial charge in [0.2, 0.25) is 0 Å². The Morgan fingerprint density at radius 2 is 2.46 bits per heavy atom. The lowest BCUT2D eigenvalue weighted by Gasteiger charge is -2.01. The van der Waals surface area contributed by atoms with Crippen molar-refractivity contribution in [2.45, 2.75) is 20.3 Å². The Bertz CT molecular complexity index is 337. The van der Waals surface area contributed by atoms with Crippen LogP contribution < -0.4 is 0 Å². The molecule has 1 heterocycles. The van der Waals surface area contributed by atoms with Gasteiger partial charge in [-0.25, -0.2) is 4.98 Å². The van der Waals surface area contributed by atoms with Gasteiger partial charge in [0.25, 0.3) is 0 Å². The number of rotatable bonds is 3. The maximum Gasteiger partial charge on any atom is 0.168 e. The molecule has 0 bridgehead atoms. The summed E-state index contributed by atoms with van der Waals surface area (Å²) in [7, 11) is 0. The number of hydrogen-bond donors (Lipinski definition) is 0. The van der Waals surface area contributed by atoms with E-state index >= 15 is 0 Å². The number of imidazole rings is 1. The summed E-state index contributed by atoms with van der Waals surface area (Å²) in [5, 5.41) is 0. The van der Waals surface area contributed by atoms with E-state index < -0.39 is 0 Å². The van der Waals surface area contributed by atoms with Crippen LogP contribution in [0.25, 0.3) is 6.20 Å². The number of carbonyl (C=O) groups is 1. The van der Waals surface area contributed by atoms with E-state index in [1.54, 1.807) is 10.8 Å². The molecule has 0 amide bonds. The molecule has 70 valence electrons. The van der Waals surface area contributed by atoms with E-state index in [1.165, 1.54) is 0 Å². The Morgan fingerprint density at radius 3 is 2.92 bits per heavy atom. The molecule has 4 heteroatoms. The van der Waals surface area contributed by atoms with Crippen LogP contribution >= 0.6 is 15.9 Å². The molecule has 0 saturated heterocycles. The van der Waals surface area contributed by atoms with Crippen LogP contribution in [0.2, 0.25) is 0 Å². The molecular weight excluding hydrogens is 232 g/mol. The van der Waals surface area contributed by atoms with Crippen molar-refractivity contribution in [3.63, 3.8) is 0 Å². The molecule has 0 fully saturated rings. The van der Waals surface area contributed by atoms with E-state index in [-0.39, 0.29) is 0 Å². The average Bonchev–Trinajstić information content (AvgIpc) is 2.46. The Balaban J connectivity index is 3.20. The van der Waals surface area contributed by atoms with Gasteiger partial charge in [-0.1, -0.05) is 22.9 Å². The van der Waals surface area contributed by atoms with E-state index in [4.69, 9.17) is 0 Å². The molecule has 0 aliphatic heterocycles. The fraction of sp³-hybridized carbons (Fsp3) is 0.333. The SMILES string of the molecule is CCc1ncc(C=O)n1/C=C(\C)Br. The fourth-order valence-electron chi connectivity index (χ4n) is 1.09. The highest BCUT2D eigenvalue weighted by Gasteiger charge is 2.04. The number of carbonyl (C=O) groups excluding carboxylic acids is 1. The highest BCUT2D eigenvalue weighted by molar-refractivity contribution is 9.11. The minimum Gasteiger partial charge on any atom is -0.300 e. The molecule has 0 aliphatic rings. The van der Waals surface area contributed by atoms with Crippen LogP contribution in [0.3, 0.4) is 0 Å². The number of nitrogens with zero attached hydrogens (tertiary/aromatic N) is 2. The lowest BCUT2D eigenvalue weighted by molar-refractivity contribution is 0.111. The first-order valence-electron chi connectivity index (χ1n) is 4.04. The zero-order valence-corrected chi connectivity index (χ0v) is 9.21. The third-order valence-corrected chi connectivity index (χ3v) is 1.85. The number of aldehydes is 1. The summed E-state index contributed by atoms with van der Waals surface area (Å²) in [5.74, 6) is 0.890. The van der Waals surface area contributed by atoms with Gasteiger partial charge in [-0.15, -0.1) is 0 Å². The molecule has 0 aliphatic carbocycles. The Kier molecular flexibility index (Phi) is 3.42. The number of aryl methyl sites for hydroxylation is 1. The monoisotopic (exact) mass is 242 g/mol. The third-order valence-electron chi connectivity index (χ3n) is 1.65. The van der Waals surface area contributed by atoms with Crippen LogP contribution in [-0.2, 0) is 6.42 Å². The summed E-state index contributed by atoms with van der Waals surface area (Å²) in [6.07, 6.45) is 5.04. The predicted octanol–water partition coefficient (Wildman–Crippen LogP) is 2.47. The second-order valence-electron chi connectivity index (χ2n) is 2.66. The topological polar surface area (TPSA) is 34.9 Å². The molecule has 0 spiro atoms. The van der Waals surface area contributed by atoms with Crippen LogP contribution in [0.4, 0.5) is 0 Å². The third kappa shape index (κ3) is 2.28. The number of allylic oxidation sites excluding steroid dienone is 1. The zero-order valence-electron chi connectivity index (χ0n) is 7.62. The normalized spacial score (nSPS) is 11.8. The minimum atomic E-state index is 0.579. The molecular formula is C9H11BrN2O. The van der Waals surface area contributed by atoms with E-state index in [9.17, 15) is 4.79 Å². The second kappa shape index (κ2) is 4.37. The van der Waals surface area contributed by atoms with Crippen LogP contribution in [0, 0.1) is 0 Å². The summed E-state index contributed by atoms with van der Waals surface area (Å²) in [5.41, 5.74) is 0.579. The standard InChI is InChI=1S/C9H11BrN2O/c1-3-9-11-4-8(6-13)12(9)5-7(2)10/h4-6H,3H2,1-2H3/b7-5+. The molecule has 0 radical (unpaired) electrons. The summed E-state index contributed by atoms with van der Waals surface area (Å²) >= 11 is 3.32. The molecule has 0 atom stereocenters. The van der Waals surface area contributed by atoms with Gasteiger partial charge in [-0.05, 0) is 6.92 Å². The fourth-order valence-corrected chi connectivity index (χ4v) is 1.29. The molecule has 0 N–H and O–H groups in total. The van der Waals surface area contributed by atoms with Gasteiger partial charge in [0.15, 0.2) is 6.29 Å². The van der Waals surface area contributed by atoms with Crippen molar-refractivity contribution in [1.82, 2.24) is 9.55 Å². The van der Waals surface area contributed by atoms with Gasteiger partial charge in [0, 0.05) is 17.1 Å². The maximum atomic E-state index is 10.6. The van der Waals surface area contributed by atoms with Crippen molar-refractivity contribution in [1.29, 1.82) is 0 Å². The van der Waals surface area contributed by atoms with Crippen LogP contribution in [0.1, 0.15) is 30.2 Å². The first-order chi connectivity index (χ1) is 6.19. The van der Waals surface area contributed by atoms with Crippen molar-refractivity contribution >= 4 is 28.4 Å². The zero-order chi connectivity index (χ0) is 9.84. The highest BCUT2D eigenvalue weighted by atomic mass is 79.9. The molecule has 0 unspecified atom stereocenters. The van der Waals surface area contributed by atoms with E-state index in [1.807, 2.05) is 20.0 Å². The largest absolute Gasteiger partial charge is 0.300 e.